The first-order chi connectivity index (χ1) is 19.2. The lowest BCUT2D eigenvalue weighted by molar-refractivity contribution is 0.0965. The Balaban J connectivity index is 1.27. The third-order valence-electron chi connectivity index (χ3n) is 6.90. The minimum absolute atomic E-state index is 0.0320. The molecule has 6 rings (SSSR count). The Bertz CT molecular complexity index is 1800. The van der Waals surface area contributed by atoms with Gasteiger partial charge in [0.15, 0.2) is 0 Å². The molecule has 5 aromatic rings. The second-order valence-corrected chi connectivity index (χ2v) is 10.7. The number of hydrogen-bond donors (Lipinski definition) is 3. The van der Waals surface area contributed by atoms with Crippen LogP contribution in [-0.4, -0.2) is 26.7 Å². The van der Waals surface area contributed by atoms with E-state index in [0.717, 1.165) is 27.6 Å². The van der Waals surface area contributed by atoms with Crippen LogP contribution in [0.2, 0.25) is 0 Å². The first-order valence-electron chi connectivity index (χ1n) is 12.9. The summed E-state index contributed by atoms with van der Waals surface area (Å²) in [5.74, 6) is -0.725. The number of nitrogens with one attached hydrogen (secondary N) is 3. The maximum Gasteiger partial charge on any atom is 0.323 e. The van der Waals surface area contributed by atoms with Crippen molar-refractivity contribution in [2.24, 2.45) is 0 Å². The van der Waals surface area contributed by atoms with Crippen LogP contribution in [0.1, 0.15) is 36.7 Å². The van der Waals surface area contributed by atoms with Crippen LogP contribution in [-0.2, 0) is 12.1 Å². The summed E-state index contributed by atoms with van der Waals surface area (Å²) >= 11 is 0. The van der Waals surface area contributed by atoms with E-state index in [4.69, 9.17) is 5.10 Å². The van der Waals surface area contributed by atoms with Gasteiger partial charge in [-0.15, -0.1) is 0 Å². The third kappa shape index (κ3) is 4.66. The van der Waals surface area contributed by atoms with Gasteiger partial charge >= 0.3 is 6.03 Å². The van der Waals surface area contributed by atoms with Gasteiger partial charge in [-0.1, -0.05) is 30.3 Å². The quantitative estimate of drug-likeness (QED) is 0.243. The summed E-state index contributed by atoms with van der Waals surface area (Å²) in [5, 5.41) is 14.0. The molecule has 40 heavy (non-hydrogen) atoms. The van der Waals surface area contributed by atoms with Gasteiger partial charge in [0.1, 0.15) is 11.5 Å². The molecule has 9 heteroatoms. The molecule has 0 fully saturated rings. The summed E-state index contributed by atoms with van der Waals surface area (Å²) in [6, 6.07) is 19.0. The molecular formula is C31H27FN6O2. The van der Waals surface area contributed by atoms with Crippen LogP contribution in [0.4, 0.5) is 20.6 Å². The van der Waals surface area contributed by atoms with Gasteiger partial charge in [0.25, 0.3) is 5.91 Å². The number of halogens is 1. The molecule has 0 aliphatic carbocycles. The molecular weight excluding hydrogens is 507 g/mol. The highest BCUT2D eigenvalue weighted by Crippen LogP contribution is 2.33. The fourth-order valence-electron chi connectivity index (χ4n) is 4.83. The van der Waals surface area contributed by atoms with Gasteiger partial charge in [-0.2, -0.15) is 5.10 Å². The van der Waals surface area contributed by atoms with Gasteiger partial charge in [-0.25, -0.2) is 9.18 Å². The van der Waals surface area contributed by atoms with E-state index in [9.17, 15) is 9.59 Å². The largest absolute Gasteiger partial charge is 0.348 e. The molecule has 0 saturated carbocycles. The summed E-state index contributed by atoms with van der Waals surface area (Å²) in [4.78, 5) is 29.4. The van der Waals surface area contributed by atoms with E-state index in [1.807, 2.05) is 57.2 Å². The molecule has 2 aromatic heterocycles. The zero-order valence-corrected chi connectivity index (χ0v) is 22.2. The third-order valence-corrected chi connectivity index (χ3v) is 6.90. The lowest BCUT2D eigenvalue weighted by Gasteiger charge is -2.18. The number of amides is 3. The Labute approximate surface area is 230 Å². The van der Waals surface area contributed by atoms with E-state index in [0.29, 0.717) is 29.1 Å². The van der Waals surface area contributed by atoms with Gasteiger partial charge in [0.05, 0.1) is 22.4 Å². The number of aromatic nitrogens is 3. The monoisotopic (exact) mass is 534 g/mol. The number of carbonyl (C=O) groups excluding carboxylic acids is 2. The van der Waals surface area contributed by atoms with Gasteiger partial charge in [-0.3, -0.25) is 14.5 Å². The fraction of sp³-hybridized carbons (Fsp3) is 0.161. The van der Waals surface area contributed by atoms with Crippen LogP contribution in [0.3, 0.4) is 0 Å². The number of rotatable bonds is 4. The van der Waals surface area contributed by atoms with Crippen molar-refractivity contribution in [3.05, 3.63) is 96.1 Å². The minimum atomic E-state index is -0.598. The first-order valence-corrected chi connectivity index (χ1v) is 12.9. The number of urea groups is 1. The summed E-state index contributed by atoms with van der Waals surface area (Å²) in [6.07, 6.45) is 3.51. The van der Waals surface area contributed by atoms with Crippen LogP contribution in [0, 0.1) is 5.82 Å². The Morgan fingerprint density at radius 1 is 0.950 bits per heavy atom. The average molecular weight is 535 g/mol. The van der Waals surface area contributed by atoms with Crippen LogP contribution in [0.15, 0.2) is 79.1 Å². The van der Waals surface area contributed by atoms with Crippen LogP contribution in [0.5, 0.6) is 0 Å². The fourth-order valence-corrected chi connectivity index (χ4v) is 4.83. The van der Waals surface area contributed by atoms with Crippen LogP contribution in [0.25, 0.3) is 33.3 Å². The van der Waals surface area contributed by atoms with E-state index in [1.54, 1.807) is 35.3 Å². The zero-order valence-electron chi connectivity index (χ0n) is 22.2. The summed E-state index contributed by atoms with van der Waals surface area (Å²) in [6.45, 7) is 6.45. The Morgan fingerprint density at radius 3 is 2.52 bits per heavy atom. The summed E-state index contributed by atoms with van der Waals surface area (Å²) < 4.78 is 17.0. The first kappa shape index (κ1) is 25.2. The summed E-state index contributed by atoms with van der Waals surface area (Å²) in [5.41, 5.74) is 5.28. The standard InChI is InChI=1S/C31H27FN6O2/c1-31(2,3)38-17-27(28(37-38)20-10-11-25-19(14-20)6-5-13-33-25)36-30(40)35-26-12-9-18(15-24(26)32)21-7-4-8-22-23(21)16-34-29(22)39/h4-15,17H,16H2,1-3H3,(H,34,39)(H2,35,36,40). The predicted molar refractivity (Wildman–Crippen MR) is 154 cm³/mol. The second-order valence-electron chi connectivity index (χ2n) is 10.7. The maximum atomic E-state index is 15.2. The van der Waals surface area contributed by atoms with Crippen molar-refractivity contribution in [1.82, 2.24) is 20.1 Å². The normalized spacial score (nSPS) is 12.8. The second kappa shape index (κ2) is 9.60. The molecule has 1 aliphatic rings. The number of nitrogens with zero attached hydrogens (tertiary/aromatic N) is 3. The van der Waals surface area contributed by atoms with E-state index >= 15 is 4.39 Å². The molecule has 3 aromatic carbocycles. The van der Waals surface area contributed by atoms with Crippen molar-refractivity contribution in [3.63, 3.8) is 0 Å². The van der Waals surface area contributed by atoms with Crippen molar-refractivity contribution in [3.8, 4) is 22.4 Å². The molecule has 3 N–H and O–H groups in total. The highest BCUT2D eigenvalue weighted by atomic mass is 19.1. The van der Waals surface area contributed by atoms with Crippen LogP contribution < -0.4 is 16.0 Å². The number of fused-ring (bicyclic) bond motifs is 2. The van der Waals surface area contributed by atoms with Gasteiger partial charge in [0, 0.05) is 35.5 Å². The zero-order chi connectivity index (χ0) is 28.0. The number of anilines is 2. The molecule has 0 spiro atoms. The predicted octanol–water partition coefficient (Wildman–Crippen LogP) is 6.55. The topological polar surface area (TPSA) is 101 Å². The Morgan fingerprint density at radius 2 is 1.73 bits per heavy atom. The smallest absolute Gasteiger partial charge is 0.323 e. The lowest BCUT2D eigenvalue weighted by Crippen LogP contribution is -2.22. The Kier molecular flexibility index (Phi) is 6.06. The molecule has 3 heterocycles. The minimum Gasteiger partial charge on any atom is -0.348 e. The summed E-state index contributed by atoms with van der Waals surface area (Å²) in [7, 11) is 0. The van der Waals surface area contributed by atoms with Gasteiger partial charge < -0.3 is 16.0 Å². The molecule has 0 radical (unpaired) electrons. The van der Waals surface area contributed by atoms with Crippen molar-refractivity contribution in [2.45, 2.75) is 32.9 Å². The van der Waals surface area contributed by atoms with E-state index in [2.05, 4.69) is 20.9 Å². The van der Waals surface area contributed by atoms with Crippen molar-refractivity contribution < 1.29 is 14.0 Å². The van der Waals surface area contributed by atoms with Crippen molar-refractivity contribution >= 4 is 34.2 Å². The molecule has 8 nitrogen and oxygen atoms in total. The molecule has 200 valence electrons. The van der Waals surface area contributed by atoms with Crippen molar-refractivity contribution in [1.29, 1.82) is 0 Å². The van der Waals surface area contributed by atoms with E-state index < -0.39 is 11.8 Å². The number of hydrogen-bond acceptors (Lipinski definition) is 4. The molecule has 0 saturated heterocycles. The molecule has 3 amide bonds. The molecule has 0 bridgehead atoms. The van der Waals surface area contributed by atoms with Crippen LogP contribution >= 0.6 is 0 Å². The SMILES string of the molecule is CC(C)(C)n1cc(NC(=O)Nc2ccc(-c3cccc4c3CNC4=O)cc2F)c(-c2ccc3ncccc3c2)n1. The molecule has 0 unspecified atom stereocenters. The highest BCUT2D eigenvalue weighted by Gasteiger charge is 2.23. The molecule has 0 atom stereocenters. The number of pyridine rings is 1. The van der Waals surface area contributed by atoms with Crippen molar-refractivity contribution in [2.75, 3.05) is 10.6 Å². The lowest BCUT2D eigenvalue weighted by atomic mass is 9.96. The molecule has 1 aliphatic heterocycles. The van der Waals surface area contributed by atoms with Gasteiger partial charge in [0.2, 0.25) is 0 Å². The van der Waals surface area contributed by atoms with E-state index in [-0.39, 0.29) is 17.1 Å². The van der Waals surface area contributed by atoms with E-state index in [1.165, 1.54) is 12.1 Å². The maximum absolute atomic E-state index is 15.2. The van der Waals surface area contributed by atoms with Gasteiger partial charge in [-0.05, 0) is 73.9 Å². The highest BCUT2D eigenvalue weighted by molar-refractivity contribution is 6.03. The number of carbonyl (C=O) groups is 2. The Hall–Kier alpha value is -5.05. The number of benzene rings is 3. The average Bonchev–Trinajstić information content (AvgIpc) is 3.53.